The van der Waals surface area contributed by atoms with Crippen LogP contribution in [0.4, 0.5) is 5.69 Å². The van der Waals surface area contributed by atoms with Crippen molar-refractivity contribution in [2.24, 2.45) is 0 Å². The number of hydrogen-bond donors (Lipinski definition) is 1. The summed E-state index contributed by atoms with van der Waals surface area (Å²) < 4.78 is 3.27. The number of fused-ring (bicyclic) bond motifs is 3. The molecule has 0 spiro atoms. The first-order valence-electron chi connectivity index (χ1n) is 8.83. The molecule has 0 saturated heterocycles. The monoisotopic (exact) mass is 389 g/mol. The molecule has 1 N–H and O–H groups in total. The van der Waals surface area contributed by atoms with Crippen LogP contribution in [0.2, 0.25) is 0 Å². The maximum atomic E-state index is 11.2. The van der Waals surface area contributed by atoms with Crippen LogP contribution in [0.25, 0.3) is 28.1 Å². The number of benzene rings is 1. The minimum absolute atomic E-state index is 0.0645. The summed E-state index contributed by atoms with van der Waals surface area (Å²) in [6, 6.07) is 7.72. The normalized spacial score (nSPS) is 11.5. The molecule has 1 aromatic carbocycles. The van der Waals surface area contributed by atoms with Crippen molar-refractivity contribution in [3.05, 3.63) is 63.9 Å². The van der Waals surface area contributed by atoms with E-state index in [1.54, 1.807) is 35.6 Å². The Bertz CT molecular complexity index is 1380. The topological polar surface area (TPSA) is 133 Å². The second-order valence-corrected chi connectivity index (χ2v) is 6.71. The summed E-state index contributed by atoms with van der Waals surface area (Å²) >= 11 is 0. The smallest absolute Gasteiger partial charge is 0.261 e. The lowest BCUT2D eigenvalue weighted by atomic mass is 10.1. The third kappa shape index (κ3) is 2.71. The van der Waals surface area contributed by atoms with Gasteiger partial charge in [-0.05, 0) is 19.4 Å². The second kappa shape index (κ2) is 6.19. The van der Waals surface area contributed by atoms with Crippen molar-refractivity contribution < 1.29 is 4.92 Å². The maximum absolute atomic E-state index is 11.2. The molecule has 0 bridgehead atoms. The summed E-state index contributed by atoms with van der Waals surface area (Å²) in [5.41, 5.74) is 4.18. The molecule has 0 radical (unpaired) electrons. The minimum Gasteiger partial charge on any atom is -0.261 e. The number of aromatic amines is 1. The van der Waals surface area contributed by atoms with Gasteiger partial charge in [0.25, 0.3) is 0 Å². The lowest BCUT2D eigenvalue weighted by molar-refractivity contribution is -0.386. The van der Waals surface area contributed by atoms with Gasteiger partial charge in [-0.2, -0.15) is 10.2 Å². The molecule has 0 fully saturated rings. The number of aryl methyl sites for hydroxylation is 1. The predicted molar refractivity (Wildman–Crippen MR) is 103 cm³/mol. The highest BCUT2D eigenvalue weighted by Gasteiger charge is 2.21. The Labute approximate surface area is 163 Å². The number of aromatic nitrogens is 8. The summed E-state index contributed by atoms with van der Waals surface area (Å²) in [6.45, 7) is 3.79. The summed E-state index contributed by atoms with van der Waals surface area (Å²) in [7, 11) is 0. The van der Waals surface area contributed by atoms with Crippen LogP contribution in [0.1, 0.15) is 17.0 Å². The molecule has 29 heavy (non-hydrogen) atoms. The Morgan fingerprint density at radius 1 is 1.17 bits per heavy atom. The Morgan fingerprint density at radius 3 is 2.69 bits per heavy atom. The average molecular weight is 389 g/mol. The number of rotatable bonds is 4. The summed E-state index contributed by atoms with van der Waals surface area (Å²) in [6.07, 6.45) is 3.27. The van der Waals surface area contributed by atoms with Gasteiger partial charge in [-0.3, -0.25) is 19.9 Å². The quantitative estimate of drug-likeness (QED) is 0.369. The average Bonchev–Trinajstić information content (AvgIpc) is 3.39. The molecule has 0 atom stereocenters. The lowest BCUT2D eigenvalue weighted by Crippen LogP contribution is -2.04. The molecular weight excluding hydrogens is 374 g/mol. The lowest BCUT2D eigenvalue weighted by Gasteiger charge is -2.04. The summed E-state index contributed by atoms with van der Waals surface area (Å²) in [4.78, 5) is 19.6. The molecule has 0 saturated carbocycles. The van der Waals surface area contributed by atoms with Crippen molar-refractivity contribution in [1.29, 1.82) is 0 Å². The van der Waals surface area contributed by atoms with Gasteiger partial charge in [-0.1, -0.05) is 24.3 Å². The number of hydrogen-bond acceptors (Lipinski definition) is 7. The third-order valence-electron chi connectivity index (χ3n) is 4.86. The van der Waals surface area contributed by atoms with Crippen LogP contribution in [0, 0.1) is 24.0 Å². The zero-order chi connectivity index (χ0) is 20.1. The summed E-state index contributed by atoms with van der Waals surface area (Å²) in [5, 5.41) is 27.6. The second-order valence-electron chi connectivity index (χ2n) is 6.71. The van der Waals surface area contributed by atoms with E-state index < -0.39 is 4.92 Å². The molecule has 0 aliphatic rings. The highest BCUT2D eigenvalue weighted by atomic mass is 16.6. The molecule has 4 aromatic heterocycles. The largest absolute Gasteiger partial charge is 0.312 e. The van der Waals surface area contributed by atoms with E-state index in [0.717, 1.165) is 16.5 Å². The summed E-state index contributed by atoms with van der Waals surface area (Å²) in [5.74, 6) is 0.578. The zero-order valence-electron chi connectivity index (χ0n) is 15.6. The van der Waals surface area contributed by atoms with E-state index in [1.165, 1.54) is 0 Å². The first kappa shape index (κ1) is 17.0. The van der Waals surface area contributed by atoms with Crippen LogP contribution in [0.5, 0.6) is 0 Å². The van der Waals surface area contributed by atoms with Gasteiger partial charge < -0.3 is 0 Å². The van der Waals surface area contributed by atoms with E-state index in [4.69, 9.17) is 0 Å². The van der Waals surface area contributed by atoms with Crippen molar-refractivity contribution in [1.82, 2.24) is 39.6 Å². The van der Waals surface area contributed by atoms with Crippen LogP contribution < -0.4 is 0 Å². The Morgan fingerprint density at radius 2 is 1.97 bits per heavy atom. The van der Waals surface area contributed by atoms with Gasteiger partial charge >= 0.3 is 5.69 Å². The molecule has 0 amide bonds. The van der Waals surface area contributed by atoms with Gasteiger partial charge in [-0.15, -0.1) is 5.10 Å². The third-order valence-corrected chi connectivity index (χ3v) is 4.86. The van der Waals surface area contributed by atoms with E-state index in [1.807, 2.05) is 24.3 Å². The Kier molecular flexibility index (Phi) is 3.63. The molecule has 0 unspecified atom stereocenters. The predicted octanol–water partition coefficient (Wildman–Crippen LogP) is 2.44. The van der Waals surface area contributed by atoms with Gasteiger partial charge in [-0.25, -0.2) is 14.5 Å². The molecule has 11 heteroatoms. The standard InChI is InChI=1S/C18H15N9O2/c1-10-15(27(28)29)11(2)25(23-10)8-12-3-5-13(6-4-12)16-21-18-14-7-20-22-17(14)19-9-26(18)24-16/h3-7,9H,8H2,1-2H3,(H,20,22). The van der Waals surface area contributed by atoms with E-state index in [2.05, 4.69) is 30.4 Å². The molecule has 5 rings (SSSR count). The highest BCUT2D eigenvalue weighted by Crippen LogP contribution is 2.24. The number of nitrogens with zero attached hydrogens (tertiary/aromatic N) is 8. The van der Waals surface area contributed by atoms with Gasteiger partial charge in [0.2, 0.25) is 0 Å². The van der Waals surface area contributed by atoms with Crippen LogP contribution in [-0.4, -0.2) is 44.5 Å². The van der Waals surface area contributed by atoms with Crippen molar-refractivity contribution in [2.45, 2.75) is 20.4 Å². The molecule has 0 aliphatic heterocycles. The first-order chi connectivity index (χ1) is 14.0. The van der Waals surface area contributed by atoms with Gasteiger partial charge in [0.05, 0.1) is 23.1 Å². The maximum Gasteiger partial charge on any atom is 0.312 e. The van der Waals surface area contributed by atoms with Crippen molar-refractivity contribution in [3.63, 3.8) is 0 Å². The number of nitro groups is 1. The first-order valence-corrected chi connectivity index (χ1v) is 8.83. The fourth-order valence-corrected chi connectivity index (χ4v) is 3.40. The zero-order valence-corrected chi connectivity index (χ0v) is 15.6. The van der Waals surface area contributed by atoms with E-state index in [0.29, 0.717) is 35.1 Å². The van der Waals surface area contributed by atoms with E-state index in [9.17, 15) is 10.1 Å². The SMILES string of the molecule is Cc1nn(Cc2ccc(-c3nc4c5cn[nH]c5ncn4n3)cc2)c(C)c1[N+](=O)[O-]. The van der Waals surface area contributed by atoms with Gasteiger partial charge in [0.15, 0.2) is 17.1 Å². The van der Waals surface area contributed by atoms with Crippen LogP contribution in [-0.2, 0) is 6.54 Å². The fourth-order valence-electron chi connectivity index (χ4n) is 3.40. The molecule has 144 valence electrons. The Hall–Kier alpha value is -4.15. The van der Waals surface area contributed by atoms with Crippen LogP contribution in [0.3, 0.4) is 0 Å². The molecule has 11 nitrogen and oxygen atoms in total. The van der Waals surface area contributed by atoms with E-state index in [-0.39, 0.29) is 5.69 Å². The highest BCUT2D eigenvalue weighted by molar-refractivity contribution is 5.88. The van der Waals surface area contributed by atoms with Crippen molar-refractivity contribution in [2.75, 3.05) is 0 Å². The molecular formula is C18H15N9O2. The molecule has 5 aromatic rings. The van der Waals surface area contributed by atoms with E-state index >= 15 is 0 Å². The molecule has 4 heterocycles. The number of H-pyrrole nitrogens is 1. The minimum atomic E-state index is -0.391. The van der Waals surface area contributed by atoms with Gasteiger partial charge in [0.1, 0.15) is 17.7 Å². The van der Waals surface area contributed by atoms with Crippen molar-refractivity contribution >= 4 is 22.4 Å². The Balaban J connectivity index is 1.45. The molecule has 0 aliphatic carbocycles. The van der Waals surface area contributed by atoms with Crippen LogP contribution in [0.15, 0.2) is 36.8 Å². The van der Waals surface area contributed by atoms with Crippen molar-refractivity contribution in [3.8, 4) is 11.4 Å². The van der Waals surface area contributed by atoms with Crippen LogP contribution >= 0.6 is 0 Å². The van der Waals surface area contributed by atoms with Gasteiger partial charge in [0, 0.05) is 5.56 Å². The fraction of sp³-hybridized carbons (Fsp3) is 0.167. The number of nitrogens with one attached hydrogen (secondary N) is 1.